The van der Waals surface area contributed by atoms with E-state index in [-0.39, 0.29) is 5.91 Å². The highest BCUT2D eigenvalue weighted by Gasteiger charge is 2.03. The number of aromatic nitrogens is 1. The Balaban J connectivity index is 2.02. The lowest BCUT2D eigenvalue weighted by Crippen LogP contribution is -2.18. The van der Waals surface area contributed by atoms with E-state index in [2.05, 4.69) is 10.3 Å². The van der Waals surface area contributed by atoms with Crippen molar-refractivity contribution < 1.29 is 9.53 Å². The molecule has 20 heavy (non-hydrogen) atoms. The summed E-state index contributed by atoms with van der Waals surface area (Å²) in [5.74, 6) is 1.53. The van der Waals surface area contributed by atoms with Crippen molar-refractivity contribution in [3.63, 3.8) is 0 Å². The number of hydrogen-bond acceptors (Lipinski definition) is 3. The quantitative estimate of drug-likeness (QED) is 0.909. The fourth-order valence-corrected chi connectivity index (χ4v) is 1.77. The number of amides is 1. The lowest BCUT2D eigenvalue weighted by atomic mass is 10.2. The zero-order valence-electron chi connectivity index (χ0n) is 11.7. The van der Waals surface area contributed by atoms with Crippen molar-refractivity contribution >= 4 is 5.91 Å². The molecule has 2 aromatic rings. The molecule has 0 atom stereocenters. The lowest BCUT2D eigenvalue weighted by Gasteiger charge is -2.07. The lowest BCUT2D eigenvalue weighted by molar-refractivity contribution is -0.120. The summed E-state index contributed by atoms with van der Waals surface area (Å²) in [7, 11) is 1.63. The van der Waals surface area contributed by atoms with E-state index in [4.69, 9.17) is 4.74 Å². The van der Waals surface area contributed by atoms with Crippen molar-refractivity contribution in [2.45, 2.75) is 19.8 Å². The molecular formula is C16H18N2O2. The molecule has 0 bridgehead atoms. The molecule has 0 saturated heterocycles. The fraction of sp³-hybridized carbons (Fsp3) is 0.250. The molecule has 1 amide bonds. The Morgan fingerprint density at radius 1 is 1.20 bits per heavy atom. The summed E-state index contributed by atoms with van der Waals surface area (Å²) in [6, 6.07) is 11.5. The summed E-state index contributed by atoms with van der Waals surface area (Å²) in [4.78, 5) is 15.5. The molecule has 0 fully saturated rings. The van der Waals surface area contributed by atoms with Gasteiger partial charge in [-0.1, -0.05) is 17.7 Å². The van der Waals surface area contributed by atoms with Crippen LogP contribution in [-0.2, 0) is 11.2 Å². The number of aryl methyl sites for hydroxylation is 2. The van der Waals surface area contributed by atoms with Gasteiger partial charge in [-0.3, -0.25) is 9.78 Å². The predicted octanol–water partition coefficient (Wildman–Crippen LogP) is 2.86. The van der Waals surface area contributed by atoms with Gasteiger partial charge in [-0.15, -0.1) is 0 Å². The monoisotopic (exact) mass is 270 g/mol. The molecule has 1 N–H and O–H groups in total. The Kier molecular flexibility index (Phi) is 4.71. The number of pyridine rings is 1. The van der Waals surface area contributed by atoms with Crippen LogP contribution < -0.4 is 10.1 Å². The van der Waals surface area contributed by atoms with Crippen LogP contribution in [0.3, 0.4) is 0 Å². The van der Waals surface area contributed by atoms with Crippen molar-refractivity contribution in [2.24, 2.45) is 0 Å². The predicted molar refractivity (Wildman–Crippen MR) is 77.9 cm³/mol. The van der Waals surface area contributed by atoms with Crippen LogP contribution in [0.4, 0.5) is 0 Å². The topological polar surface area (TPSA) is 51.2 Å². The van der Waals surface area contributed by atoms with Gasteiger partial charge in [0, 0.05) is 31.4 Å². The van der Waals surface area contributed by atoms with Gasteiger partial charge in [0.15, 0.2) is 0 Å². The van der Waals surface area contributed by atoms with Gasteiger partial charge in [-0.2, -0.15) is 0 Å². The van der Waals surface area contributed by atoms with Gasteiger partial charge in [-0.25, -0.2) is 0 Å². The van der Waals surface area contributed by atoms with Gasteiger partial charge in [0.2, 0.25) is 5.91 Å². The maximum atomic E-state index is 11.2. The molecule has 4 nitrogen and oxygen atoms in total. The van der Waals surface area contributed by atoms with Crippen LogP contribution in [0.25, 0.3) is 0 Å². The van der Waals surface area contributed by atoms with Gasteiger partial charge in [0.05, 0.1) is 0 Å². The van der Waals surface area contributed by atoms with Crippen molar-refractivity contribution in [2.75, 3.05) is 7.05 Å². The van der Waals surface area contributed by atoms with Crippen molar-refractivity contribution in [3.8, 4) is 11.5 Å². The molecule has 1 aromatic heterocycles. The highest BCUT2D eigenvalue weighted by molar-refractivity contribution is 5.75. The Hall–Kier alpha value is -2.36. The number of rotatable bonds is 5. The number of hydrogen-bond donors (Lipinski definition) is 1. The van der Waals surface area contributed by atoms with Gasteiger partial charge in [-0.05, 0) is 31.5 Å². The van der Waals surface area contributed by atoms with E-state index in [1.165, 1.54) is 5.56 Å². The zero-order valence-corrected chi connectivity index (χ0v) is 11.7. The first kappa shape index (κ1) is 14.1. The second-order valence-corrected chi connectivity index (χ2v) is 4.57. The van der Waals surface area contributed by atoms with Crippen LogP contribution in [0, 0.1) is 6.92 Å². The van der Waals surface area contributed by atoms with Crippen molar-refractivity contribution in [1.29, 1.82) is 0 Å². The SMILES string of the molecule is CNC(=O)CCc1cc(Oc2ccc(C)cc2)ccn1. The Bertz CT molecular complexity index is 579. The standard InChI is InChI=1S/C16H18N2O2/c1-12-3-6-14(7-4-12)20-15-9-10-18-13(11-15)5-8-16(19)17-2/h3-4,6-7,9-11H,5,8H2,1-2H3,(H,17,19). The van der Waals surface area contributed by atoms with Crippen molar-refractivity contribution in [1.82, 2.24) is 10.3 Å². The van der Waals surface area contributed by atoms with Gasteiger partial charge < -0.3 is 10.1 Å². The van der Waals surface area contributed by atoms with Crippen LogP contribution in [0.15, 0.2) is 42.6 Å². The molecule has 0 spiro atoms. The molecule has 2 rings (SSSR count). The molecule has 4 heteroatoms. The molecular weight excluding hydrogens is 252 g/mol. The fourth-order valence-electron chi connectivity index (χ4n) is 1.77. The molecule has 1 aromatic carbocycles. The van der Waals surface area contributed by atoms with E-state index in [1.807, 2.05) is 43.3 Å². The normalized spacial score (nSPS) is 10.1. The van der Waals surface area contributed by atoms with E-state index < -0.39 is 0 Å². The number of benzene rings is 1. The Labute approximate surface area is 118 Å². The summed E-state index contributed by atoms with van der Waals surface area (Å²) < 4.78 is 5.77. The second kappa shape index (κ2) is 6.70. The van der Waals surface area contributed by atoms with Gasteiger partial charge in [0.1, 0.15) is 11.5 Å². The Morgan fingerprint density at radius 2 is 1.95 bits per heavy atom. The van der Waals surface area contributed by atoms with E-state index in [0.717, 1.165) is 17.2 Å². The third kappa shape index (κ3) is 4.09. The highest BCUT2D eigenvalue weighted by Crippen LogP contribution is 2.22. The van der Waals surface area contributed by atoms with E-state index >= 15 is 0 Å². The van der Waals surface area contributed by atoms with Crippen LogP contribution in [0.1, 0.15) is 17.7 Å². The van der Waals surface area contributed by atoms with E-state index in [9.17, 15) is 4.79 Å². The second-order valence-electron chi connectivity index (χ2n) is 4.57. The molecule has 0 aliphatic rings. The first-order valence-corrected chi connectivity index (χ1v) is 6.57. The van der Waals surface area contributed by atoms with Crippen LogP contribution in [-0.4, -0.2) is 17.9 Å². The Morgan fingerprint density at radius 3 is 2.65 bits per heavy atom. The molecule has 0 saturated carbocycles. The van der Waals surface area contributed by atoms with Crippen molar-refractivity contribution in [3.05, 3.63) is 53.9 Å². The average molecular weight is 270 g/mol. The summed E-state index contributed by atoms with van der Waals surface area (Å²) >= 11 is 0. The maximum Gasteiger partial charge on any atom is 0.220 e. The number of ether oxygens (including phenoxy) is 1. The number of nitrogens with one attached hydrogen (secondary N) is 1. The first-order chi connectivity index (χ1) is 9.67. The minimum absolute atomic E-state index is 0.0108. The maximum absolute atomic E-state index is 11.2. The number of carbonyl (C=O) groups is 1. The minimum Gasteiger partial charge on any atom is -0.457 e. The number of nitrogens with zero attached hydrogens (tertiary/aromatic N) is 1. The van der Waals surface area contributed by atoms with Gasteiger partial charge >= 0.3 is 0 Å². The van der Waals surface area contributed by atoms with Crippen LogP contribution in [0.5, 0.6) is 11.5 Å². The molecule has 0 unspecified atom stereocenters. The molecule has 0 aliphatic carbocycles. The van der Waals surface area contributed by atoms with Crippen LogP contribution in [0.2, 0.25) is 0 Å². The summed E-state index contributed by atoms with van der Waals surface area (Å²) in [5.41, 5.74) is 2.04. The molecule has 0 radical (unpaired) electrons. The summed E-state index contributed by atoms with van der Waals surface area (Å²) in [6.07, 6.45) is 2.73. The third-order valence-corrected chi connectivity index (χ3v) is 2.93. The third-order valence-electron chi connectivity index (χ3n) is 2.93. The van der Waals surface area contributed by atoms with Gasteiger partial charge in [0.25, 0.3) is 0 Å². The smallest absolute Gasteiger partial charge is 0.220 e. The van der Waals surface area contributed by atoms with E-state index in [1.54, 1.807) is 13.2 Å². The molecule has 1 heterocycles. The molecule has 0 aliphatic heterocycles. The van der Waals surface area contributed by atoms with Crippen LogP contribution >= 0.6 is 0 Å². The summed E-state index contributed by atoms with van der Waals surface area (Å²) in [5, 5.41) is 2.60. The van der Waals surface area contributed by atoms with E-state index in [0.29, 0.717) is 12.8 Å². The largest absolute Gasteiger partial charge is 0.457 e. The summed E-state index contributed by atoms with van der Waals surface area (Å²) in [6.45, 7) is 2.03. The first-order valence-electron chi connectivity index (χ1n) is 6.57. The zero-order chi connectivity index (χ0) is 14.4. The molecule has 104 valence electrons. The highest BCUT2D eigenvalue weighted by atomic mass is 16.5. The number of carbonyl (C=O) groups excluding carboxylic acids is 1. The minimum atomic E-state index is 0.0108. The average Bonchev–Trinajstić information content (AvgIpc) is 2.47.